The topological polar surface area (TPSA) is 66.5 Å². The maximum atomic E-state index is 12.1. The number of amides is 1. The molecule has 0 atom stereocenters. The number of carbonyl (C=O) groups is 1. The van der Waals surface area contributed by atoms with Crippen LogP contribution >= 0.6 is 15.9 Å². The molecule has 0 unspecified atom stereocenters. The molecule has 0 saturated heterocycles. The van der Waals surface area contributed by atoms with Crippen molar-refractivity contribution in [1.29, 1.82) is 0 Å². The van der Waals surface area contributed by atoms with E-state index >= 15 is 0 Å². The Labute approximate surface area is 144 Å². The molecular formula is C16H17BrN2O3S. The van der Waals surface area contributed by atoms with Crippen LogP contribution in [0, 0.1) is 0 Å². The van der Waals surface area contributed by atoms with E-state index in [9.17, 15) is 13.2 Å². The van der Waals surface area contributed by atoms with E-state index in [4.69, 9.17) is 0 Å². The van der Waals surface area contributed by atoms with Crippen LogP contribution in [0.25, 0.3) is 0 Å². The van der Waals surface area contributed by atoms with Crippen LogP contribution < -0.4 is 9.62 Å². The summed E-state index contributed by atoms with van der Waals surface area (Å²) in [6.07, 6.45) is 1.08. The van der Waals surface area contributed by atoms with Gasteiger partial charge in [0.15, 0.2) is 0 Å². The molecule has 0 fully saturated rings. The SMILES string of the molecule is CS(=O)(=O)N(CC(=O)NCc1ccccc1)c1ccc(Br)cc1. The second kappa shape index (κ2) is 7.61. The minimum Gasteiger partial charge on any atom is -0.350 e. The van der Waals surface area contributed by atoms with Crippen molar-refractivity contribution in [2.45, 2.75) is 6.54 Å². The molecule has 122 valence electrons. The Morgan fingerprint density at radius 3 is 2.26 bits per heavy atom. The first-order chi connectivity index (χ1) is 10.9. The average molecular weight is 397 g/mol. The van der Waals surface area contributed by atoms with Crippen molar-refractivity contribution in [2.75, 3.05) is 17.1 Å². The zero-order valence-electron chi connectivity index (χ0n) is 12.6. The van der Waals surface area contributed by atoms with Crippen LogP contribution in [0.4, 0.5) is 5.69 Å². The molecule has 5 nitrogen and oxygen atoms in total. The average Bonchev–Trinajstić information content (AvgIpc) is 2.52. The minimum absolute atomic E-state index is 0.257. The van der Waals surface area contributed by atoms with Gasteiger partial charge in [0.1, 0.15) is 6.54 Å². The number of sulfonamides is 1. The van der Waals surface area contributed by atoms with Gasteiger partial charge in [0.2, 0.25) is 15.9 Å². The first-order valence-corrected chi connectivity index (χ1v) is 9.54. The Bertz CT molecular complexity index is 762. The maximum Gasteiger partial charge on any atom is 0.241 e. The monoisotopic (exact) mass is 396 g/mol. The molecule has 1 amide bonds. The van der Waals surface area contributed by atoms with Gasteiger partial charge in [-0.1, -0.05) is 46.3 Å². The lowest BCUT2D eigenvalue weighted by atomic mass is 10.2. The summed E-state index contributed by atoms with van der Waals surface area (Å²) in [6.45, 7) is 0.102. The zero-order chi connectivity index (χ0) is 16.9. The molecule has 0 aliphatic rings. The number of hydrogen-bond acceptors (Lipinski definition) is 3. The summed E-state index contributed by atoms with van der Waals surface area (Å²) in [5.41, 5.74) is 1.40. The van der Waals surface area contributed by atoms with Crippen LogP contribution in [0.5, 0.6) is 0 Å². The van der Waals surface area contributed by atoms with Gasteiger partial charge >= 0.3 is 0 Å². The number of halogens is 1. The zero-order valence-corrected chi connectivity index (χ0v) is 15.0. The van der Waals surface area contributed by atoms with E-state index in [1.54, 1.807) is 24.3 Å². The fourth-order valence-corrected chi connectivity index (χ4v) is 3.11. The number of rotatable bonds is 6. The van der Waals surface area contributed by atoms with Crippen LogP contribution in [0.15, 0.2) is 59.1 Å². The van der Waals surface area contributed by atoms with Crippen molar-refractivity contribution < 1.29 is 13.2 Å². The molecule has 7 heteroatoms. The van der Waals surface area contributed by atoms with E-state index in [2.05, 4.69) is 21.2 Å². The van der Waals surface area contributed by atoms with Crippen LogP contribution in [-0.2, 0) is 21.4 Å². The normalized spacial score (nSPS) is 11.0. The highest BCUT2D eigenvalue weighted by Crippen LogP contribution is 2.20. The summed E-state index contributed by atoms with van der Waals surface area (Å²) >= 11 is 3.30. The van der Waals surface area contributed by atoms with Gasteiger partial charge in [-0.25, -0.2) is 8.42 Å². The van der Waals surface area contributed by atoms with Crippen LogP contribution in [0.3, 0.4) is 0 Å². The number of carbonyl (C=O) groups excluding carboxylic acids is 1. The Morgan fingerprint density at radius 2 is 1.70 bits per heavy atom. The Morgan fingerprint density at radius 1 is 1.09 bits per heavy atom. The summed E-state index contributed by atoms with van der Waals surface area (Å²) in [6, 6.07) is 16.2. The van der Waals surface area contributed by atoms with Gasteiger partial charge in [-0.2, -0.15) is 0 Å². The minimum atomic E-state index is -3.55. The molecule has 0 bridgehead atoms. The highest BCUT2D eigenvalue weighted by molar-refractivity contribution is 9.10. The lowest BCUT2D eigenvalue weighted by molar-refractivity contribution is -0.119. The van der Waals surface area contributed by atoms with E-state index in [0.29, 0.717) is 12.2 Å². The first-order valence-electron chi connectivity index (χ1n) is 6.90. The van der Waals surface area contributed by atoms with E-state index in [-0.39, 0.29) is 12.5 Å². The standard InChI is InChI=1S/C16H17BrN2O3S/c1-23(21,22)19(15-9-7-14(17)8-10-15)12-16(20)18-11-13-5-3-2-4-6-13/h2-10H,11-12H2,1H3,(H,18,20). The molecular weight excluding hydrogens is 380 g/mol. The smallest absolute Gasteiger partial charge is 0.241 e. The van der Waals surface area contributed by atoms with Crippen molar-refractivity contribution >= 4 is 37.5 Å². The molecule has 0 spiro atoms. The predicted molar refractivity (Wildman–Crippen MR) is 94.6 cm³/mol. The van der Waals surface area contributed by atoms with Crippen molar-refractivity contribution in [3.05, 3.63) is 64.6 Å². The maximum absolute atomic E-state index is 12.1. The first kappa shape index (κ1) is 17.5. The lowest BCUT2D eigenvalue weighted by Crippen LogP contribution is -2.40. The Balaban J connectivity index is 2.06. The van der Waals surface area contributed by atoms with E-state index in [0.717, 1.165) is 20.6 Å². The van der Waals surface area contributed by atoms with Crippen molar-refractivity contribution in [3.63, 3.8) is 0 Å². The number of anilines is 1. The Hall–Kier alpha value is -1.86. The van der Waals surface area contributed by atoms with Crippen LogP contribution in [0.2, 0.25) is 0 Å². The second-order valence-electron chi connectivity index (χ2n) is 5.01. The van der Waals surface area contributed by atoms with E-state index in [1.165, 1.54) is 0 Å². The van der Waals surface area contributed by atoms with Crippen molar-refractivity contribution in [2.24, 2.45) is 0 Å². The fraction of sp³-hybridized carbons (Fsp3) is 0.188. The number of hydrogen-bond donors (Lipinski definition) is 1. The van der Waals surface area contributed by atoms with Gasteiger partial charge in [-0.05, 0) is 29.8 Å². The lowest BCUT2D eigenvalue weighted by Gasteiger charge is -2.22. The molecule has 2 rings (SSSR count). The third-order valence-corrected chi connectivity index (χ3v) is 4.80. The van der Waals surface area contributed by atoms with Gasteiger partial charge in [0, 0.05) is 11.0 Å². The summed E-state index contributed by atoms with van der Waals surface area (Å²) in [4.78, 5) is 12.1. The second-order valence-corrected chi connectivity index (χ2v) is 7.83. The molecule has 0 heterocycles. The molecule has 0 saturated carbocycles. The van der Waals surface area contributed by atoms with Crippen molar-refractivity contribution in [1.82, 2.24) is 5.32 Å². The van der Waals surface area contributed by atoms with Gasteiger partial charge < -0.3 is 5.32 Å². The molecule has 2 aromatic rings. The summed E-state index contributed by atoms with van der Waals surface area (Å²) in [5.74, 6) is -0.359. The molecule has 0 aromatic heterocycles. The third-order valence-electron chi connectivity index (χ3n) is 3.13. The summed E-state index contributed by atoms with van der Waals surface area (Å²) in [7, 11) is -3.55. The van der Waals surface area contributed by atoms with Gasteiger partial charge in [-0.3, -0.25) is 9.10 Å². The van der Waals surface area contributed by atoms with E-state index < -0.39 is 10.0 Å². The Kier molecular flexibility index (Phi) is 5.79. The fourth-order valence-electron chi connectivity index (χ4n) is 1.99. The van der Waals surface area contributed by atoms with Gasteiger partial charge in [0.25, 0.3) is 0 Å². The predicted octanol–water partition coefficient (Wildman–Crippen LogP) is 2.53. The molecule has 2 aromatic carbocycles. The molecule has 0 radical (unpaired) electrons. The number of nitrogens with one attached hydrogen (secondary N) is 1. The van der Waals surface area contributed by atoms with Gasteiger partial charge in [-0.15, -0.1) is 0 Å². The largest absolute Gasteiger partial charge is 0.350 e. The highest BCUT2D eigenvalue weighted by atomic mass is 79.9. The quantitative estimate of drug-likeness (QED) is 0.815. The van der Waals surface area contributed by atoms with Crippen molar-refractivity contribution in [3.8, 4) is 0 Å². The van der Waals surface area contributed by atoms with Gasteiger partial charge in [0.05, 0.1) is 11.9 Å². The number of benzene rings is 2. The number of nitrogens with zero attached hydrogens (tertiary/aromatic N) is 1. The van der Waals surface area contributed by atoms with Crippen LogP contribution in [-0.4, -0.2) is 27.1 Å². The highest BCUT2D eigenvalue weighted by Gasteiger charge is 2.20. The summed E-state index contributed by atoms with van der Waals surface area (Å²) in [5, 5.41) is 2.73. The third kappa shape index (κ3) is 5.37. The molecule has 1 N–H and O–H groups in total. The molecule has 23 heavy (non-hydrogen) atoms. The molecule has 0 aliphatic carbocycles. The summed E-state index contributed by atoms with van der Waals surface area (Å²) < 4.78 is 25.8. The molecule has 0 aliphatic heterocycles. The van der Waals surface area contributed by atoms with E-state index in [1.807, 2.05) is 30.3 Å². The van der Waals surface area contributed by atoms with Crippen LogP contribution in [0.1, 0.15) is 5.56 Å².